The summed E-state index contributed by atoms with van der Waals surface area (Å²) in [6.45, 7) is 6.88. The van der Waals surface area contributed by atoms with Gasteiger partial charge in [0.25, 0.3) is 5.91 Å². The van der Waals surface area contributed by atoms with E-state index in [1.807, 2.05) is 4.90 Å². The third-order valence-corrected chi connectivity index (χ3v) is 3.50. The highest BCUT2D eigenvalue weighted by molar-refractivity contribution is 5.94. The first-order chi connectivity index (χ1) is 9.60. The van der Waals surface area contributed by atoms with Gasteiger partial charge in [-0.1, -0.05) is 13.8 Å². The summed E-state index contributed by atoms with van der Waals surface area (Å²) >= 11 is 0. The monoisotopic (exact) mass is 280 g/mol. The number of carbonyl (C=O) groups excluding carboxylic acids is 1. The zero-order chi connectivity index (χ0) is 14.5. The molecule has 0 saturated carbocycles. The Morgan fingerprint density at radius 1 is 1.50 bits per heavy atom. The Labute approximate surface area is 120 Å². The lowest BCUT2D eigenvalue weighted by atomic mass is 10.1. The fraction of sp³-hybridized carbons (Fsp3) is 0.667. The highest BCUT2D eigenvalue weighted by Crippen LogP contribution is 2.18. The van der Waals surface area contributed by atoms with Crippen LogP contribution in [0.5, 0.6) is 0 Å². The average Bonchev–Trinajstić information content (AvgIpc) is 2.94. The van der Waals surface area contributed by atoms with Crippen LogP contribution in [0.25, 0.3) is 0 Å². The van der Waals surface area contributed by atoms with Crippen molar-refractivity contribution in [2.75, 3.05) is 19.7 Å². The van der Waals surface area contributed by atoms with Gasteiger partial charge in [-0.25, -0.2) is 0 Å². The highest BCUT2D eigenvalue weighted by Gasteiger charge is 2.25. The van der Waals surface area contributed by atoms with Crippen LogP contribution in [-0.2, 0) is 11.3 Å². The van der Waals surface area contributed by atoms with Crippen molar-refractivity contribution in [3.05, 3.63) is 23.7 Å². The minimum Gasteiger partial charge on any atom is -0.467 e. The fourth-order valence-corrected chi connectivity index (χ4v) is 2.34. The predicted molar refractivity (Wildman–Crippen MR) is 76.3 cm³/mol. The molecule has 2 N–H and O–H groups in total. The summed E-state index contributed by atoms with van der Waals surface area (Å²) in [4.78, 5) is 14.1. The lowest BCUT2D eigenvalue weighted by molar-refractivity contribution is -0.00232. The van der Waals surface area contributed by atoms with Crippen LogP contribution in [0.4, 0.5) is 0 Å². The van der Waals surface area contributed by atoms with Gasteiger partial charge in [-0.3, -0.25) is 4.79 Å². The Bertz CT molecular complexity index is 434. The van der Waals surface area contributed by atoms with E-state index in [-0.39, 0.29) is 12.0 Å². The molecule has 1 aliphatic rings. The van der Waals surface area contributed by atoms with Gasteiger partial charge in [-0.05, 0) is 24.8 Å². The first-order valence-electron chi connectivity index (χ1n) is 7.28. The Morgan fingerprint density at radius 3 is 2.75 bits per heavy atom. The molecule has 1 fully saturated rings. The third-order valence-electron chi connectivity index (χ3n) is 3.50. The largest absolute Gasteiger partial charge is 0.467 e. The lowest BCUT2D eigenvalue weighted by Crippen LogP contribution is -2.41. The molecule has 1 aromatic rings. The van der Waals surface area contributed by atoms with Crippen LogP contribution >= 0.6 is 0 Å². The summed E-state index contributed by atoms with van der Waals surface area (Å²) in [5, 5.41) is 0. The van der Waals surface area contributed by atoms with Crippen LogP contribution < -0.4 is 5.73 Å². The van der Waals surface area contributed by atoms with E-state index in [1.54, 1.807) is 6.07 Å². The molecule has 0 aromatic carbocycles. The molecule has 1 aliphatic heterocycles. The molecular weight excluding hydrogens is 256 g/mol. The van der Waals surface area contributed by atoms with Gasteiger partial charge in [-0.15, -0.1) is 0 Å². The molecule has 1 saturated heterocycles. The van der Waals surface area contributed by atoms with Crippen molar-refractivity contribution in [1.82, 2.24) is 4.90 Å². The molecule has 0 radical (unpaired) electrons. The lowest BCUT2D eigenvalue weighted by Gasteiger charge is -2.32. The number of nitrogens with two attached hydrogens (primary N) is 1. The summed E-state index contributed by atoms with van der Waals surface area (Å²) in [6, 6.07) is 1.73. The molecule has 2 rings (SSSR count). The van der Waals surface area contributed by atoms with Crippen LogP contribution in [0.1, 0.15) is 42.8 Å². The molecule has 5 heteroatoms. The molecule has 0 aliphatic carbocycles. The van der Waals surface area contributed by atoms with Crippen molar-refractivity contribution >= 4 is 5.91 Å². The Balaban J connectivity index is 1.82. The fourth-order valence-electron chi connectivity index (χ4n) is 2.34. The third kappa shape index (κ3) is 3.84. The molecular formula is C15H24N2O3. The Morgan fingerprint density at radius 2 is 2.20 bits per heavy atom. The number of nitrogens with zero attached hydrogens (tertiary/aromatic N) is 1. The highest BCUT2D eigenvalue weighted by atomic mass is 16.5. The number of ether oxygens (including phenoxy) is 1. The summed E-state index contributed by atoms with van der Waals surface area (Å²) in [6.07, 6.45) is 3.58. The van der Waals surface area contributed by atoms with Crippen molar-refractivity contribution in [3.63, 3.8) is 0 Å². The van der Waals surface area contributed by atoms with E-state index in [0.29, 0.717) is 23.8 Å². The second-order valence-electron chi connectivity index (χ2n) is 5.72. The number of carbonyl (C=O) groups is 1. The summed E-state index contributed by atoms with van der Waals surface area (Å²) in [5.74, 6) is 1.22. The first kappa shape index (κ1) is 15.1. The van der Waals surface area contributed by atoms with Crippen molar-refractivity contribution in [2.24, 2.45) is 11.7 Å². The van der Waals surface area contributed by atoms with E-state index in [2.05, 4.69) is 13.8 Å². The summed E-state index contributed by atoms with van der Waals surface area (Å²) in [5.41, 5.74) is 6.07. The zero-order valence-electron chi connectivity index (χ0n) is 12.3. The maximum atomic E-state index is 12.3. The molecule has 1 aromatic heterocycles. The molecule has 0 unspecified atom stereocenters. The van der Waals surface area contributed by atoms with Gasteiger partial charge in [0.2, 0.25) is 0 Å². The second kappa shape index (κ2) is 6.90. The Kier molecular flexibility index (Phi) is 5.20. The maximum Gasteiger partial charge on any atom is 0.257 e. The molecule has 0 atom stereocenters. The van der Waals surface area contributed by atoms with E-state index in [9.17, 15) is 4.79 Å². The van der Waals surface area contributed by atoms with E-state index < -0.39 is 0 Å². The number of hydrogen-bond acceptors (Lipinski definition) is 4. The molecule has 0 spiro atoms. The molecule has 0 bridgehead atoms. The topological polar surface area (TPSA) is 68.7 Å². The van der Waals surface area contributed by atoms with Gasteiger partial charge in [0.1, 0.15) is 12.0 Å². The van der Waals surface area contributed by atoms with Crippen LogP contribution in [-0.4, -0.2) is 36.6 Å². The molecule has 20 heavy (non-hydrogen) atoms. The number of furan rings is 1. The van der Waals surface area contributed by atoms with Crippen LogP contribution in [0.2, 0.25) is 0 Å². The van der Waals surface area contributed by atoms with Gasteiger partial charge in [0, 0.05) is 19.7 Å². The van der Waals surface area contributed by atoms with Gasteiger partial charge >= 0.3 is 0 Å². The van der Waals surface area contributed by atoms with E-state index in [0.717, 1.165) is 32.5 Å². The van der Waals surface area contributed by atoms with Gasteiger partial charge in [0.15, 0.2) is 0 Å². The van der Waals surface area contributed by atoms with Gasteiger partial charge in [-0.2, -0.15) is 0 Å². The standard InChI is InChI=1S/C15H24N2O3/c1-11(2)9-19-13-3-5-17(6-4-13)15(18)12-7-14(8-16)20-10-12/h7,10-11,13H,3-6,8-9,16H2,1-2H3. The van der Waals surface area contributed by atoms with E-state index in [1.165, 1.54) is 6.26 Å². The first-order valence-corrected chi connectivity index (χ1v) is 7.28. The normalized spacial score (nSPS) is 16.9. The summed E-state index contributed by atoms with van der Waals surface area (Å²) in [7, 11) is 0. The van der Waals surface area contributed by atoms with Crippen molar-refractivity contribution < 1.29 is 13.9 Å². The molecule has 2 heterocycles. The van der Waals surface area contributed by atoms with Crippen molar-refractivity contribution in [1.29, 1.82) is 0 Å². The maximum absolute atomic E-state index is 12.3. The van der Waals surface area contributed by atoms with E-state index in [4.69, 9.17) is 14.9 Å². The number of amides is 1. The minimum atomic E-state index is 0.0239. The minimum absolute atomic E-state index is 0.0239. The van der Waals surface area contributed by atoms with Gasteiger partial charge in [0.05, 0.1) is 18.2 Å². The van der Waals surface area contributed by atoms with Crippen LogP contribution in [0.3, 0.4) is 0 Å². The van der Waals surface area contributed by atoms with Crippen molar-refractivity contribution in [2.45, 2.75) is 39.3 Å². The number of rotatable bonds is 5. The second-order valence-corrected chi connectivity index (χ2v) is 5.72. The average molecular weight is 280 g/mol. The summed E-state index contributed by atoms with van der Waals surface area (Å²) < 4.78 is 11.0. The smallest absolute Gasteiger partial charge is 0.257 e. The molecule has 5 nitrogen and oxygen atoms in total. The molecule has 1 amide bonds. The predicted octanol–water partition coefficient (Wildman–Crippen LogP) is 2.02. The molecule has 112 valence electrons. The van der Waals surface area contributed by atoms with E-state index >= 15 is 0 Å². The zero-order valence-corrected chi connectivity index (χ0v) is 12.3. The quantitative estimate of drug-likeness (QED) is 0.896. The number of piperidine rings is 1. The van der Waals surface area contributed by atoms with Crippen molar-refractivity contribution in [3.8, 4) is 0 Å². The SMILES string of the molecule is CC(C)COC1CCN(C(=O)c2coc(CN)c2)CC1. The number of hydrogen-bond donors (Lipinski definition) is 1. The van der Waals surface area contributed by atoms with Crippen LogP contribution in [0, 0.1) is 5.92 Å². The van der Waals surface area contributed by atoms with Gasteiger partial charge < -0.3 is 19.8 Å². The number of likely N-dealkylation sites (tertiary alicyclic amines) is 1. The van der Waals surface area contributed by atoms with Crippen LogP contribution in [0.15, 0.2) is 16.7 Å². The Hall–Kier alpha value is -1.33.